The molecule has 0 amide bonds. The Hall–Kier alpha value is 0.250. The topological polar surface area (TPSA) is 9.23 Å². The Labute approximate surface area is 86.8 Å². The van der Waals surface area contributed by atoms with Gasteiger partial charge in [-0.25, -0.2) is 0 Å². The Morgan fingerprint density at radius 2 is 1.77 bits per heavy atom. The monoisotopic (exact) mass is 204 g/mol. The second-order valence-electron chi connectivity index (χ2n) is 4.61. The van der Waals surface area contributed by atoms with E-state index >= 15 is 0 Å². The third-order valence-electron chi connectivity index (χ3n) is 2.94. The van der Waals surface area contributed by atoms with Crippen LogP contribution in [0.15, 0.2) is 0 Å². The van der Waals surface area contributed by atoms with Gasteiger partial charge in [0.25, 0.3) is 0 Å². The summed E-state index contributed by atoms with van der Waals surface area (Å²) in [7, 11) is 0. The summed E-state index contributed by atoms with van der Waals surface area (Å²) in [6.07, 6.45) is 6.03. The molecule has 1 aliphatic carbocycles. The normalized spacial score (nSPS) is 30.5. The third-order valence-corrected chi connectivity index (χ3v) is 3.38. The highest BCUT2D eigenvalue weighted by molar-refractivity contribution is 6.20. The van der Waals surface area contributed by atoms with Crippen LogP contribution in [-0.4, -0.2) is 17.1 Å². The molecule has 0 spiro atoms. The average molecular weight is 205 g/mol. The van der Waals surface area contributed by atoms with Crippen molar-refractivity contribution in [2.75, 3.05) is 0 Å². The number of hydrogen-bond donors (Lipinski definition) is 0. The fourth-order valence-electron chi connectivity index (χ4n) is 1.67. The molecule has 1 fully saturated rings. The van der Waals surface area contributed by atoms with Crippen molar-refractivity contribution in [1.82, 2.24) is 0 Å². The van der Waals surface area contributed by atoms with Crippen molar-refractivity contribution in [2.45, 2.75) is 70.0 Å². The Bertz CT molecular complexity index is 148. The van der Waals surface area contributed by atoms with Gasteiger partial charge in [0, 0.05) is 5.38 Å². The highest BCUT2D eigenvalue weighted by Gasteiger charge is 2.25. The Morgan fingerprint density at radius 3 is 2.23 bits per heavy atom. The van der Waals surface area contributed by atoms with Gasteiger partial charge in [-0.3, -0.25) is 0 Å². The molecule has 1 aliphatic rings. The van der Waals surface area contributed by atoms with Gasteiger partial charge in [-0.15, -0.1) is 11.6 Å². The molecular weight excluding hydrogens is 184 g/mol. The van der Waals surface area contributed by atoms with E-state index in [0.717, 1.165) is 32.1 Å². The van der Waals surface area contributed by atoms with Gasteiger partial charge in [0.15, 0.2) is 0 Å². The number of ether oxygens (including phenoxy) is 1. The first-order chi connectivity index (χ1) is 6.03. The molecule has 0 radical (unpaired) electrons. The van der Waals surface area contributed by atoms with Crippen LogP contribution in [0.25, 0.3) is 0 Å². The molecule has 78 valence electrons. The molecule has 0 bridgehead atoms. The Balaban J connectivity index is 2.30. The van der Waals surface area contributed by atoms with E-state index in [0.29, 0.717) is 11.5 Å². The molecule has 0 aromatic rings. The maximum absolute atomic E-state index is 6.03. The second kappa shape index (κ2) is 4.65. The molecule has 2 heteroatoms. The summed E-state index contributed by atoms with van der Waals surface area (Å²) in [6, 6.07) is 0. The molecule has 0 saturated heterocycles. The van der Waals surface area contributed by atoms with Gasteiger partial charge in [-0.1, -0.05) is 6.92 Å². The van der Waals surface area contributed by atoms with Gasteiger partial charge in [0.1, 0.15) is 0 Å². The van der Waals surface area contributed by atoms with E-state index in [4.69, 9.17) is 16.3 Å². The van der Waals surface area contributed by atoms with Crippen molar-refractivity contribution in [3.8, 4) is 0 Å². The molecule has 0 N–H and O–H groups in total. The average Bonchev–Trinajstić information content (AvgIpc) is 2.09. The van der Waals surface area contributed by atoms with Crippen LogP contribution in [-0.2, 0) is 4.74 Å². The summed E-state index contributed by atoms with van der Waals surface area (Å²) in [5, 5.41) is 0.393. The minimum atomic E-state index is 0.0455. The summed E-state index contributed by atoms with van der Waals surface area (Å²) >= 11 is 6.03. The Kier molecular flexibility index (Phi) is 4.06. The van der Waals surface area contributed by atoms with Gasteiger partial charge in [0.05, 0.1) is 11.7 Å². The molecule has 0 aromatic heterocycles. The fraction of sp³-hybridized carbons (Fsp3) is 1.00. The largest absolute Gasteiger partial charge is 0.372 e. The lowest BCUT2D eigenvalue weighted by atomic mass is 9.96. The van der Waals surface area contributed by atoms with E-state index in [1.165, 1.54) is 0 Å². The molecule has 0 aromatic carbocycles. The van der Waals surface area contributed by atoms with Crippen LogP contribution in [0.2, 0.25) is 0 Å². The van der Waals surface area contributed by atoms with E-state index in [1.54, 1.807) is 0 Å². The smallest absolute Gasteiger partial charge is 0.0627 e. The van der Waals surface area contributed by atoms with Crippen LogP contribution >= 0.6 is 11.6 Å². The summed E-state index contributed by atoms with van der Waals surface area (Å²) in [5.41, 5.74) is 0.0455. The SMILES string of the molecule is CCC(C)(C)OC1CCC(Cl)CC1. The maximum Gasteiger partial charge on any atom is 0.0627 e. The lowest BCUT2D eigenvalue weighted by molar-refractivity contribution is -0.0855. The lowest BCUT2D eigenvalue weighted by Gasteiger charge is -2.33. The minimum Gasteiger partial charge on any atom is -0.372 e. The number of hydrogen-bond acceptors (Lipinski definition) is 1. The van der Waals surface area contributed by atoms with Crippen molar-refractivity contribution in [3.05, 3.63) is 0 Å². The van der Waals surface area contributed by atoms with Crippen LogP contribution in [0.1, 0.15) is 52.9 Å². The molecular formula is C11H21ClO. The van der Waals surface area contributed by atoms with E-state index in [2.05, 4.69) is 20.8 Å². The van der Waals surface area contributed by atoms with E-state index in [-0.39, 0.29) is 5.60 Å². The number of halogens is 1. The molecule has 13 heavy (non-hydrogen) atoms. The zero-order valence-electron chi connectivity index (χ0n) is 8.98. The van der Waals surface area contributed by atoms with Crippen LogP contribution < -0.4 is 0 Å². The zero-order valence-corrected chi connectivity index (χ0v) is 9.73. The van der Waals surface area contributed by atoms with E-state index in [1.807, 2.05) is 0 Å². The molecule has 0 aliphatic heterocycles. The first kappa shape index (κ1) is 11.3. The van der Waals surface area contributed by atoms with Crippen molar-refractivity contribution in [3.63, 3.8) is 0 Å². The number of alkyl halides is 1. The summed E-state index contributed by atoms with van der Waals surface area (Å²) in [5.74, 6) is 0. The summed E-state index contributed by atoms with van der Waals surface area (Å²) in [4.78, 5) is 0. The van der Waals surface area contributed by atoms with Crippen LogP contribution in [0.5, 0.6) is 0 Å². The van der Waals surface area contributed by atoms with Crippen molar-refractivity contribution in [1.29, 1.82) is 0 Å². The molecule has 1 rings (SSSR count). The summed E-state index contributed by atoms with van der Waals surface area (Å²) in [6.45, 7) is 6.51. The van der Waals surface area contributed by atoms with Crippen molar-refractivity contribution in [2.24, 2.45) is 0 Å². The fourth-order valence-corrected chi connectivity index (χ4v) is 1.93. The summed E-state index contributed by atoms with van der Waals surface area (Å²) < 4.78 is 6.02. The molecule has 1 saturated carbocycles. The Morgan fingerprint density at radius 1 is 1.23 bits per heavy atom. The molecule has 0 unspecified atom stereocenters. The highest BCUT2D eigenvalue weighted by Crippen LogP contribution is 2.28. The molecule has 0 atom stereocenters. The van der Waals surface area contributed by atoms with Crippen molar-refractivity contribution < 1.29 is 4.74 Å². The van der Waals surface area contributed by atoms with E-state index < -0.39 is 0 Å². The van der Waals surface area contributed by atoms with Gasteiger partial charge in [-0.2, -0.15) is 0 Å². The lowest BCUT2D eigenvalue weighted by Crippen LogP contribution is -2.32. The van der Waals surface area contributed by atoms with Crippen LogP contribution in [0, 0.1) is 0 Å². The highest BCUT2D eigenvalue weighted by atomic mass is 35.5. The van der Waals surface area contributed by atoms with Crippen LogP contribution in [0.4, 0.5) is 0 Å². The minimum absolute atomic E-state index is 0.0455. The standard InChI is InChI=1S/C11H21ClO/c1-4-11(2,3)13-10-7-5-9(12)6-8-10/h9-10H,4-8H2,1-3H3. The first-order valence-corrected chi connectivity index (χ1v) is 5.79. The van der Waals surface area contributed by atoms with E-state index in [9.17, 15) is 0 Å². The predicted octanol–water partition coefficient (Wildman–Crippen LogP) is 3.74. The van der Waals surface area contributed by atoms with Gasteiger partial charge in [-0.05, 0) is 46.0 Å². The maximum atomic E-state index is 6.03. The van der Waals surface area contributed by atoms with Crippen LogP contribution in [0.3, 0.4) is 0 Å². The zero-order chi connectivity index (χ0) is 9.90. The quantitative estimate of drug-likeness (QED) is 0.637. The molecule has 0 heterocycles. The number of rotatable bonds is 3. The van der Waals surface area contributed by atoms with Crippen molar-refractivity contribution >= 4 is 11.6 Å². The third kappa shape index (κ3) is 3.86. The predicted molar refractivity (Wildman–Crippen MR) is 57.4 cm³/mol. The van der Waals surface area contributed by atoms with Gasteiger partial charge >= 0.3 is 0 Å². The first-order valence-electron chi connectivity index (χ1n) is 5.35. The van der Waals surface area contributed by atoms with Gasteiger partial charge < -0.3 is 4.74 Å². The molecule has 1 nitrogen and oxygen atoms in total. The van der Waals surface area contributed by atoms with Gasteiger partial charge in [0.2, 0.25) is 0 Å². The second-order valence-corrected chi connectivity index (χ2v) is 5.22.